The molecule has 2 bridgehead atoms. The Labute approximate surface area is 203 Å². The molecule has 5 atom stereocenters. The molecule has 2 aromatic carbocycles. The molecule has 5 rings (SSSR count). The first kappa shape index (κ1) is 23.3. The van der Waals surface area contributed by atoms with Gasteiger partial charge < -0.3 is 30.1 Å². The number of nitrogens with zero attached hydrogens (tertiary/aromatic N) is 1. The molecule has 3 saturated heterocycles. The summed E-state index contributed by atoms with van der Waals surface area (Å²) in [5.74, 6) is -1.98. The highest BCUT2D eigenvalue weighted by Crippen LogP contribution is 2.63. The molecular weight excluding hydrogens is 450 g/mol. The van der Waals surface area contributed by atoms with Crippen molar-refractivity contribution in [2.45, 2.75) is 37.0 Å². The number of carbonyl (C=O) groups excluding carboxylic acids is 3. The third-order valence-electron chi connectivity index (χ3n) is 7.55. The highest BCUT2D eigenvalue weighted by molar-refractivity contribution is 6.05. The predicted molar refractivity (Wildman–Crippen MR) is 128 cm³/mol. The van der Waals surface area contributed by atoms with Gasteiger partial charge in [0.25, 0.3) is 0 Å². The van der Waals surface area contributed by atoms with Gasteiger partial charge in [-0.05, 0) is 56.2 Å². The summed E-state index contributed by atoms with van der Waals surface area (Å²) in [6, 6.07) is 15.0. The van der Waals surface area contributed by atoms with Crippen molar-refractivity contribution in [3.8, 4) is 5.75 Å². The van der Waals surface area contributed by atoms with Crippen LogP contribution in [0.4, 0.5) is 11.4 Å². The minimum Gasteiger partial charge on any atom is -0.497 e. The summed E-state index contributed by atoms with van der Waals surface area (Å²) in [5, 5.41) is 15.5. The van der Waals surface area contributed by atoms with Crippen LogP contribution in [-0.4, -0.2) is 65.2 Å². The van der Waals surface area contributed by atoms with Gasteiger partial charge in [-0.2, -0.15) is 0 Å². The molecule has 184 valence electrons. The van der Waals surface area contributed by atoms with Crippen molar-refractivity contribution in [3.05, 3.63) is 54.6 Å². The fraction of sp³-hybridized carbons (Fsp3) is 0.423. The summed E-state index contributed by atoms with van der Waals surface area (Å²) >= 11 is 0. The molecule has 3 aliphatic rings. The zero-order chi connectivity index (χ0) is 24.8. The Kier molecular flexibility index (Phi) is 5.77. The summed E-state index contributed by atoms with van der Waals surface area (Å²) in [7, 11) is 1.56. The Morgan fingerprint density at radius 2 is 1.71 bits per heavy atom. The summed E-state index contributed by atoms with van der Waals surface area (Å²) in [4.78, 5) is 42.1. The number of hydrogen-bond acceptors (Lipinski definition) is 6. The van der Waals surface area contributed by atoms with E-state index in [1.807, 2.05) is 25.1 Å². The number of methoxy groups -OCH3 is 1. The molecule has 0 aliphatic carbocycles. The topological polar surface area (TPSA) is 117 Å². The number of rotatable bonds is 7. The van der Waals surface area contributed by atoms with E-state index in [4.69, 9.17) is 9.47 Å². The summed E-state index contributed by atoms with van der Waals surface area (Å²) in [6.45, 7) is 1.52. The number of ether oxygens (including phenoxy) is 2. The lowest BCUT2D eigenvalue weighted by atomic mass is 9.66. The molecular formula is C26H29N3O6. The molecule has 3 fully saturated rings. The lowest BCUT2D eigenvalue weighted by Gasteiger charge is -2.33. The molecule has 3 N–H and O–H groups in total. The van der Waals surface area contributed by atoms with Crippen molar-refractivity contribution < 1.29 is 29.0 Å². The van der Waals surface area contributed by atoms with E-state index in [9.17, 15) is 19.5 Å². The maximum absolute atomic E-state index is 13.7. The van der Waals surface area contributed by atoms with Crippen molar-refractivity contribution in [2.75, 3.05) is 30.9 Å². The van der Waals surface area contributed by atoms with Gasteiger partial charge in [0, 0.05) is 17.9 Å². The third-order valence-corrected chi connectivity index (χ3v) is 7.55. The molecule has 0 aromatic heterocycles. The molecule has 3 heterocycles. The predicted octanol–water partition coefficient (Wildman–Crippen LogP) is 2.03. The quantitative estimate of drug-likeness (QED) is 0.560. The lowest BCUT2D eigenvalue weighted by Crippen LogP contribution is -2.53. The molecule has 3 aliphatic heterocycles. The number of benzene rings is 2. The van der Waals surface area contributed by atoms with Gasteiger partial charge in [-0.15, -0.1) is 0 Å². The first-order valence-corrected chi connectivity index (χ1v) is 11.8. The highest BCUT2D eigenvalue weighted by Gasteiger charge is 2.77. The van der Waals surface area contributed by atoms with E-state index in [1.54, 1.807) is 43.5 Å². The van der Waals surface area contributed by atoms with Gasteiger partial charge in [-0.25, -0.2) is 0 Å². The van der Waals surface area contributed by atoms with Crippen LogP contribution in [0.5, 0.6) is 5.75 Å². The first-order valence-electron chi connectivity index (χ1n) is 11.8. The summed E-state index contributed by atoms with van der Waals surface area (Å²) < 4.78 is 11.7. The van der Waals surface area contributed by atoms with Crippen LogP contribution in [0, 0.1) is 11.8 Å². The van der Waals surface area contributed by atoms with Crippen molar-refractivity contribution in [1.82, 2.24) is 4.90 Å². The average Bonchev–Trinajstić information content (AvgIpc) is 3.41. The average molecular weight is 480 g/mol. The van der Waals surface area contributed by atoms with Gasteiger partial charge in [-0.1, -0.05) is 18.2 Å². The van der Waals surface area contributed by atoms with Gasteiger partial charge in [0.15, 0.2) is 0 Å². The van der Waals surface area contributed by atoms with Crippen LogP contribution in [-0.2, 0) is 19.1 Å². The van der Waals surface area contributed by atoms with E-state index in [0.717, 1.165) is 0 Å². The van der Waals surface area contributed by atoms with E-state index in [2.05, 4.69) is 10.6 Å². The van der Waals surface area contributed by atoms with Gasteiger partial charge in [-0.3, -0.25) is 14.4 Å². The molecule has 0 radical (unpaired) electrons. The van der Waals surface area contributed by atoms with Crippen molar-refractivity contribution >= 4 is 29.1 Å². The highest BCUT2D eigenvalue weighted by atomic mass is 16.5. The van der Waals surface area contributed by atoms with Gasteiger partial charge in [0.1, 0.15) is 17.4 Å². The van der Waals surface area contributed by atoms with E-state index in [0.29, 0.717) is 30.0 Å². The second kappa shape index (κ2) is 8.66. The van der Waals surface area contributed by atoms with Crippen LogP contribution in [0.3, 0.4) is 0 Å². The number of amides is 3. The smallest absolute Gasteiger partial charge is 0.250 e. The number of likely N-dealkylation sites (tertiary alicyclic amines) is 1. The summed E-state index contributed by atoms with van der Waals surface area (Å²) in [6.07, 6.45) is 1.01. The molecule has 3 amide bonds. The van der Waals surface area contributed by atoms with Crippen molar-refractivity contribution in [3.63, 3.8) is 0 Å². The largest absolute Gasteiger partial charge is 0.497 e. The van der Waals surface area contributed by atoms with Crippen LogP contribution in [0.2, 0.25) is 0 Å². The first-order chi connectivity index (χ1) is 16.8. The molecule has 9 heteroatoms. The number of β-amino-alcohol motifs (C(OH)–C–C–N with tert-alkyl or cyclic N) is 1. The normalized spacial score (nSPS) is 30.8. The Balaban J connectivity index is 1.47. The second-order valence-corrected chi connectivity index (χ2v) is 9.56. The molecule has 2 aromatic rings. The van der Waals surface area contributed by atoms with Crippen LogP contribution in [0.1, 0.15) is 19.8 Å². The Bertz CT molecular complexity index is 1140. The Morgan fingerprint density at radius 1 is 1.06 bits per heavy atom. The zero-order valence-corrected chi connectivity index (χ0v) is 19.7. The fourth-order valence-electron chi connectivity index (χ4n) is 6.10. The van der Waals surface area contributed by atoms with Crippen molar-refractivity contribution in [2.24, 2.45) is 11.8 Å². The number of fused-ring (bicyclic) bond motifs is 1. The standard InChI is InChI=1S/C26H29N3O6/c1-25-12-13-26(35-25)20(19(25)22(31)27-16-6-4-3-5-7-16)24(33)29(14-15-30)21(26)23(32)28-17-8-10-18(34-2)11-9-17/h3-11,19-21,30H,12-15H2,1-2H3,(H,27,31)(H,28,32)/t19-,20-,21?,25+,26?/m0/s1. The van der Waals surface area contributed by atoms with E-state index in [-0.39, 0.29) is 25.0 Å². The zero-order valence-electron chi connectivity index (χ0n) is 19.7. The number of anilines is 2. The summed E-state index contributed by atoms with van der Waals surface area (Å²) in [5.41, 5.74) is -0.840. The molecule has 2 unspecified atom stereocenters. The van der Waals surface area contributed by atoms with Crippen molar-refractivity contribution in [1.29, 1.82) is 0 Å². The van der Waals surface area contributed by atoms with Gasteiger partial charge >= 0.3 is 0 Å². The maximum Gasteiger partial charge on any atom is 0.250 e. The molecule has 9 nitrogen and oxygen atoms in total. The minimum atomic E-state index is -1.14. The maximum atomic E-state index is 13.7. The number of carbonyl (C=O) groups is 3. The lowest BCUT2D eigenvalue weighted by molar-refractivity contribution is -0.143. The molecule has 35 heavy (non-hydrogen) atoms. The van der Waals surface area contributed by atoms with E-state index >= 15 is 0 Å². The van der Waals surface area contributed by atoms with E-state index in [1.165, 1.54) is 4.90 Å². The number of aliphatic hydroxyl groups excluding tert-OH is 1. The SMILES string of the molecule is COc1ccc(NC(=O)C2N(CCO)C(=O)[C@@H]3[C@@H](C(=O)Nc4ccccc4)[C@@]4(C)CCC23O4)cc1. The van der Waals surface area contributed by atoms with Gasteiger partial charge in [0.2, 0.25) is 17.7 Å². The molecule has 1 spiro atoms. The fourth-order valence-corrected chi connectivity index (χ4v) is 6.10. The minimum absolute atomic E-state index is 0.0229. The number of aliphatic hydroxyl groups is 1. The number of hydrogen-bond donors (Lipinski definition) is 3. The van der Waals surface area contributed by atoms with Crippen LogP contribution < -0.4 is 15.4 Å². The molecule has 0 saturated carbocycles. The second-order valence-electron chi connectivity index (χ2n) is 9.56. The van der Waals surface area contributed by atoms with Gasteiger partial charge in [0.05, 0.1) is 31.2 Å². The van der Waals surface area contributed by atoms with Crippen LogP contribution in [0.15, 0.2) is 54.6 Å². The Morgan fingerprint density at radius 3 is 2.37 bits per heavy atom. The third kappa shape index (κ3) is 3.66. The van der Waals surface area contributed by atoms with Crippen LogP contribution >= 0.6 is 0 Å². The monoisotopic (exact) mass is 479 g/mol. The number of nitrogens with one attached hydrogen (secondary N) is 2. The Hall–Kier alpha value is -3.43. The van der Waals surface area contributed by atoms with E-state index < -0.39 is 35.0 Å². The van der Waals surface area contributed by atoms with Crippen LogP contribution in [0.25, 0.3) is 0 Å². The number of para-hydroxylation sites is 1.